The number of carbonyl (C=O) groups is 3. The van der Waals surface area contributed by atoms with Crippen LogP contribution in [-0.4, -0.2) is 101 Å². The third-order valence-electron chi connectivity index (χ3n) is 9.91. The van der Waals surface area contributed by atoms with Crippen molar-refractivity contribution in [2.45, 2.75) is 45.8 Å². The van der Waals surface area contributed by atoms with Crippen LogP contribution in [0.25, 0.3) is 17.2 Å². The minimum atomic E-state index is -4.63. The van der Waals surface area contributed by atoms with Gasteiger partial charge in [0.15, 0.2) is 17.3 Å². The highest BCUT2D eigenvalue weighted by molar-refractivity contribution is 6.33. The number of amides is 3. The maximum Gasteiger partial charge on any atom is 0.416 e. The summed E-state index contributed by atoms with van der Waals surface area (Å²) in [5, 5.41) is 17.2. The fourth-order valence-electron chi connectivity index (χ4n) is 6.95. The SMILES string of the molecule is CCc1c(N2CCN(C(=O)c3ncnc(C)c3O)CC2)c(=O)n2nc(-c3ccc(C(=O)N4CCCC4)cc3)nc2n1CC(=O)Nc1ccc(C(F)(F)F)cc1Cl. The van der Waals surface area contributed by atoms with Crippen molar-refractivity contribution >= 4 is 46.5 Å². The maximum atomic E-state index is 14.4. The van der Waals surface area contributed by atoms with Crippen molar-refractivity contribution in [2.75, 3.05) is 49.5 Å². The summed E-state index contributed by atoms with van der Waals surface area (Å²) >= 11 is 6.14. The van der Waals surface area contributed by atoms with Gasteiger partial charge >= 0.3 is 6.18 Å². The average Bonchev–Trinajstić information content (AvgIpc) is 3.89. The summed E-state index contributed by atoms with van der Waals surface area (Å²) in [5.74, 6) is -1.38. The predicted octanol–water partition coefficient (Wildman–Crippen LogP) is 4.43. The van der Waals surface area contributed by atoms with E-state index in [0.717, 1.165) is 35.6 Å². The number of hydrogen-bond donors (Lipinski definition) is 2. The zero-order valence-corrected chi connectivity index (χ0v) is 31.1. The first kappa shape index (κ1) is 38.2. The second kappa shape index (κ2) is 15.2. The number of nitrogens with one attached hydrogen (secondary N) is 1. The fraction of sp³-hybridized carbons (Fsp3) is 0.351. The number of anilines is 2. The number of hydrogen-bond acceptors (Lipinski definition) is 10. The molecule has 19 heteroatoms. The van der Waals surface area contributed by atoms with Gasteiger partial charge in [0.25, 0.3) is 17.4 Å². The maximum absolute atomic E-state index is 14.4. The quantitative estimate of drug-likeness (QED) is 0.229. The van der Waals surface area contributed by atoms with Crippen molar-refractivity contribution < 1.29 is 32.7 Å². The molecular formula is C37H36ClF3N10O5. The molecule has 0 spiro atoms. The number of piperazine rings is 1. The molecule has 2 saturated heterocycles. The molecule has 2 aliphatic rings. The van der Waals surface area contributed by atoms with E-state index in [1.54, 1.807) is 47.9 Å². The van der Waals surface area contributed by atoms with Gasteiger partial charge in [-0.05, 0) is 56.5 Å². The summed E-state index contributed by atoms with van der Waals surface area (Å²) in [5.41, 5.74) is 0.222. The highest BCUT2D eigenvalue weighted by Crippen LogP contribution is 2.34. The molecule has 0 atom stereocenters. The number of rotatable bonds is 8. The van der Waals surface area contributed by atoms with E-state index >= 15 is 0 Å². The van der Waals surface area contributed by atoms with E-state index in [1.165, 1.54) is 15.8 Å². The van der Waals surface area contributed by atoms with Crippen molar-refractivity contribution in [3.8, 4) is 17.1 Å². The Morgan fingerprint density at radius 2 is 1.61 bits per heavy atom. The molecule has 0 saturated carbocycles. The molecule has 15 nitrogen and oxygen atoms in total. The van der Waals surface area contributed by atoms with Gasteiger partial charge in [0.1, 0.15) is 18.6 Å². The molecule has 5 aromatic rings. The molecule has 2 aliphatic heterocycles. The zero-order chi connectivity index (χ0) is 39.9. The van der Waals surface area contributed by atoms with Crippen LogP contribution in [0.1, 0.15) is 57.6 Å². The van der Waals surface area contributed by atoms with E-state index in [0.29, 0.717) is 29.9 Å². The largest absolute Gasteiger partial charge is 0.504 e. The van der Waals surface area contributed by atoms with Gasteiger partial charge in [0, 0.05) is 50.4 Å². The van der Waals surface area contributed by atoms with Gasteiger partial charge in [-0.3, -0.25) is 19.2 Å². The molecule has 5 heterocycles. The molecule has 0 aliphatic carbocycles. The average molecular weight is 793 g/mol. The number of aromatic nitrogens is 6. The molecule has 2 fully saturated rings. The zero-order valence-electron chi connectivity index (χ0n) is 30.3. The van der Waals surface area contributed by atoms with Crippen LogP contribution in [0.2, 0.25) is 5.02 Å². The first-order valence-corrected chi connectivity index (χ1v) is 18.3. The highest BCUT2D eigenvalue weighted by Gasteiger charge is 2.32. The van der Waals surface area contributed by atoms with Crippen molar-refractivity contribution in [1.29, 1.82) is 0 Å². The first-order valence-electron chi connectivity index (χ1n) is 17.9. The van der Waals surface area contributed by atoms with Crippen LogP contribution < -0.4 is 15.8 Å². The lowest BCUT2D eigenvalue weighted by atomic mass is 10.1. The third kappa shape index (κ3) is 7.35. The number of halogens is 4. The van der Waals surface area contributed by atoms with E-state index in [4.69, 9.17) is 11.6 Å². The second-order valence-corrected chi connectivity index (χ2v) is 13.8. The molecule has 2 N–H and O–H groups in total. The Morgan fingerprint density at radius 1 is 0.929 bits per heavy atom. The molecule has 292 valence electrons. The summed E-state index contributed by atoms with van der Waals surface area (Å²) in [6, 6.07) is 9.29. The van der Waals surface area contributed by atoms with Gasteiger partial charge in [-0.2, -0.15) is 22.7 Å². The Bertz CT molecular complexity index is 2400. The Labute approximate surface area is 322 Å². The topological polar surface area (TPSA) is 171 Å². The summed E-state index contributed by atoms with van der Waals surface area (Å²) in [4.78, 5) is 71.9. The van der Waals surface area contributed by atoms with Crippen molar-refractivity contribution in [3.63, 3.8) is 0 Å². The Balaban J connectivity index is 1.24. The highest BCUT2D eigenvalue weighted by atomic mass is 35.5. The number of carbonyl (C=O) groups excluding carboxylic acids is 3. The number of aryl methyl sites for hydroxylation is 1. The predicted molar refractivity (Wildman–Crippen MR) is 199 cm³/mol. The van der Waals surface area contributed by atoms with Crippen molar-refractivity contribution in [2.24, 2.45) is 0 Å². The second-order valence-electron chi connectivity index (χ2n) is 13.4. The van der Waals surface area contributed by atoms with E-state index in [-0.39, 0.29) is 83.6 Å². The normalized spacial score (nSPS) is 14.8. The summed E-state index contributed by atoms with van der Waals surface area (Å²) in [6.45, 7) is 5.04. The van der Waals surface area contributed by atoms with Gasteiger partial charge in [-0.1, -0.05) is 30.7 Å². The smallest absolute Gasteiger partial charge is 0.416 e. The van der Waals surface area contributed by atoms with Gasteiger partial charge in [-0.25, -0.2) is 9.97 Å². The summed E-state index contributed by atoms with van der Waals surface area (Å²) < 4.78 is 42.4. The number of benzene rings is 2. The standard InChI is InChI=1S/C37H36ClF3N10O5/c1-3-27-30(47-14-16-49(17-15-47)34(55)29-31(53)21(2)42-20-43-29)35(56)51-36(50(27)19-28(52)44-26-11-10-24(18-25(26)38)37(39,40)41)45-32(46-51)22-6-8-23(9-7-22)33(54)48-12-4-5-13-48/h6-11,18,20,53H,3-5,12-17,19H2,1-2H3,(H,44,52). The molecular weight excluding hydrogens is 757 g/mol. The molecule has 3 aromatic heterocycles. The molecule has 56 heavy (non-hydrogen) atoms. The van der Waals surface area contributed by atoms with Crippen LogP contribution in [-0.2, 0) is 23.9 Å². The Kier molecular flexibility index (Phi) is 10.4. The molecule has 0 unspecified atom stereocenters. The third-order valence-corrected chi connectivity index (χ3v) is 10.2. The monoisotopic (exact) mass is 792 g/mol. The van der Waals surface area contributed by atoms with Crippen LogP contribution in [0, 0.1) is 6.92 Å². The minimum absolute atomic E-state index is 0.0277. The summed E-state index contributed by atoms with van der Waals surface area (Å²) in [6.07, 6.45) is -1.29. The molecule has 0 radical (unpaired) electrons. The molecule has 0 bridgehead atoms. The Hall–Kier alpha value is -6.04. The van der Waals surface area contributed by atoms with Crippen LogP contribution in [0.5, 0.6) is 5.75 Å². The number of fused-ring (bicyclic) bond motifs is 1. The van der Waals surface area contributed by atoms with E-state index < -0.39 is 35.7 Å². The Morgan fingerprint density at radius 3 is 2.25 bits per heavy atom. The first-order chi connectivity index (χ1) is 26.7. The van der Waals surface area contributed by atoms with Crippen LogP contribution in [0.15, 0.2) is 53.6 Å². The lowest BCUT2D eigenvalue weighted by Gasteiger charge is -2.36. The minimum Gasteiger partial charge on any atom is -0.504 e. The molecule has 2 aromatic carbocycles. The fourth-order valence-corrected chi connectivity index (χ4v) is 7.18. The lowest BCUT2D eigenvalue weighted by molar-refractivity contribution is -0.137. The van der Waals surface area contributed by atoms with Crippen molar-refractivity contribution in [1.82, 2.24) is 38.9 Å². The number of aromatic hydroxyl groups is 1. The van der Waals surface area contributed by atoms with E-state index in [2.05, 4.69) is 25.4 Å². The van der Waals surface area contributed by atoms with Gasteiger partial charge in [-0.15, -0.1) is 5.10 Å². The van der Waals surface area contributed by atoms with Gasteiger partial charge in [0.05, 0.1) is 27.7 Å². The van der Waals surface area contributed by atoms with E-state index in [1.807, 2.05) is 0 Å². The summed E-state index contributed by atoms with van der Waals surface area (Å²) in [7, 11) is 0. The van der Waals surface area contributed by atoms with Crippen LogP contribution in [0.3, 0.4) is 0 Å². The lowest BCUT2D eigenvalue weighted by Crippen LogP contribution is -2.51. The van der Waals surface area contributed by atoms with Gasteiger partial charge in [0.2, 0.25) is 11.7 Å². The number of nitrogens with zero attached hydrogens (tertiary/aromatic N) is 9. The van der Waals surface area contributed by atoms with Crippen molar-refractivity contribution in [3.05, 3.63) is 92.4 Å². The molecule has 7 rings (SSSR count). The van der Waals surface area contributed by atoms with Crippen LogP contribution in [0.4, 0.5) is 24.5 Å². The van der Waals surface area contributed by atoms with Gasteiger partial charge < -0.3 is 29.7 Å². The van der Waals surface area contributed by atoms with E-state index in [9.17, 15) is 37.5 Å². The van der Waals surface area contributed by atoms with Crippen LogP contribution >= 0.6 is 11.6 Å². The number of alkyl halides is 3. The number of likely N-dealkylation sites (tertiary alicyclic amines) is 1. The molecule has 3 amide bonds.